The fourth-order valence-corrected chi connectivity index (χ4v) is 5.82. The van der Waals surface area contributed by atoms with Gasteiger partial charge in [-0.3, -0.25) is 4.79 Å². The Bertz CT molecular complexity index is 426. The number of carbonyl (C=O) groups is 1. The van der Waals surface area contributed by atoms with Crippen LogP contribution in [-0.4, -0.2) is 25.3 Å². The summed E-state index contributed by atoms with van der Waals surface area (Å²) in [6.07, 6.45) is 7.24. The molecule has 0 amide bonds. The molecule has 4 aliphatic carbocycles. The average Bonchev–Trinajstić information content (AvgIpc) is 2.50. The van der Waals surface area contributed by atoms with Gasteiger partial charge in [-0.15, -0.1) is 0 Å². The SMILES string of the molecule is CCC(C)(C)C(=O)OC1(C(C)COC)C2CC3CC(C2)CC1C3. The van der Waals surface area contributed by atoms with Crippen LogP contribution in [0.5, 0.6) is 0 Å². The first-order chi connectivity index (χ1) is 10.8. The fraction of sp³-hybridized carbons (Fsp3) is 0.950. The topological polar surface area (TPSA) is 35.5 Å². The normalized spacial score (nSPS) is 40.2. The molecule has 3 nitrogen and oxygen atoms in total. The molecule has 0 saturated heterocycles. The average molecular weight is 322 g/mol. The maximum atomic E-state index is 12.9. The quantitative estimate of drug-likeness (QED) is 0.678. The molecule has 4 bridgehead atoms. The van der Waals surface area contributed by atoms with Crippen molar-refractivity contribution < 1.29 is 14.3 Å². The molecule has 23 heavy (non-hydrogen) atoms. The lowest BCUT2D eigenvalue weighted by Crippen LogP contribution is -2.64. The highest BCUT2D eigenvalue weighted by Crippen LogP contribution is 2.62. The Kier molecular flexibility index (Phi) is 4.54. The second-order valence-corrected chi connectivity index (χ2v) is 9.14. The van der Waals surface area contributed by atoms with Crippen molar-refractivity contribution in [3.8, 4) is 0 Å². The largest absolute Gasteiger partial charge is 0.458 e. The molecule has 0 aromatic heterocycles. The summed E-state index contributed by atoms with van der Waals surface area (Å²) in [4.78, 5) is 12.9. The molecule has 0 heterocycles. The molecule has 4 fully saturated rings. The maximum Gasteiger partial charge on any atom is 0.312 e. The third-order valence-electron chi connectivity index (χ3n) is 7.31. The van der Waals surface area contributed by atoms with Crippen molar-refractivity contribution in [1.82, 2.24) is 0 Å². The van der Waals surface area contributed by atoms with Crippen LogP contribution in [0.1, 0.15) is 66.2 Å². The zero-order chi connectivity index (χ0) is 16.8. The van der Waals surface area contributed by atoms with Crippen molar-refractivity contribution in [3.05, 3.63) is 0 Å². The van der Waals surface area contributed by atoms with E-state index in [2.05, 4.69) is 13.8 Å². The summed E-state index contributed by atoms with van der Waals surface area (Å²) in [7, 11) is 1.76. The summed E-state index contributed by atoms with van der Waals surface area (Å²) < 4.78 is 12.0. The molecule has 4 rings (SSSR count). The van der Waals surface area contributed by atoms with Crippen molar-refractivity contribution in [1.29, 1.82) is 0 Å². The number of esters is 1. The van der Waals surface area contributed by atoms with Gasteiger partial charge in [-0.25, -0.2) is 0 Å². The van der Waals surface area contributed by atoms with Gasteiger partial charge in [0, 0.05) is 13.0 Å². The van der Waals surface area contributed by atoms with Crippen LogP contribution < -0.4 is 0 Å². The molecule has 0 N–H and O–H groups in total. The molecule has 3 heteroatoms. The monoisotopic (exact) mass is 322 g/mol. The Morgan fingerprint density at radius 1 is 1.13 bits per heavy atom. The first kappa shape index (κ1) is 17.3. The highest BCUT2D eigenvalue weighted by atomic mass is 16.6. The van der Waals surface area contributed by atoms with Gasteiger partial charge in [0.15, 0.2) is 0 Å². The van der Waals surface area contributed by atoms with Crippen molar-refractivity contribution in [2.45, 2.75) is 71.8 Å². The van der Waals surface area contributed by atoms with Crippen LogP contribution in [0.2, 0.25) is 0 Å². The van der Waals surface area contributed by atoms with Crippen molar-refractivity contribution in [2.24, 2.45) is 35.0 Å². The molecule has 1 unspecified atom stereocenters. The van der Waals surface area contributed by atoms with E-state index >= 15 is 0 Å². The Labute approximate surface area is 141 Å². The molecule has 132 valence electrons. The number of hydrogen-bond donors (Lipinski definition) is 0. The lowest BCUT2D eigenvalue weighted by molar-refractivity contribution is -0.237. The van der Waals surface area contributed by atoms with E-state index in [-0.39, 0.29) is 17.5 Å². The number of hydrogen-bond acceptors (Lipinski definition) is 3. The third kappa shape index (κ3) is 2.73. The molecule has 0 aliphatic heterocycles. The molecular weight excluding hydrogens is 288 g/mol. The van der Waals surface area contributed by atoms with Gasteiger partial charge in [-0.2, -0.15) is 0 Å². The molecule has 0 aromatic carbocycles. The van der Waals surface area contributed by atoms with Crippen LogP contribution in [0, 0.1) is 35.0 Å². The zero-order valence-electron chi connectivity index (χ0n) is 15.6. The molecule has 4 saturated carbocycles. The Balaban J connectivity index is 1.91. The van der Waals surface area contributed by atoms with Crippen LogP contribution in [-0.2, 0) is 14.3 Å². The van der Waals surface area contributed by atoms with Crippen LogP contribution in [0.4, 0.5) is 0 Å². The maximum absolute atomic E-state index is 12.9. The number of methoxy groups -OCH3 is 1. The van der Waals surface area contributed by atoms with E-state index in [9.17, 15) is 4.79 Å². The van der Waals surface area contributed by atoms with E-state index in [1.54, 1.807) is 7.11 Å². The van der Waals surface area contributed by atoms with Crippen molar-refractivity contribution in [2.75, 3.05) is 13.7 Å². The standard InChI is InChI=1S/C20H34O3/c1-6-19(3,4)18(21)23-20(13(2)12-22-5)16-8-14-7-15(10-16)11-17(20)9-14/h13-17H,6-12H2,1-5H3. The van der Waals surface area contributed by atoms with E-state index < -0.39 is 5.41 Å². The second-order valence-electron chi connectivity index (χ2n) is 9.14. The summed E-state index contributed by atoms with van der Waals surface area (Å²) in [5, 5.41) is 0. The summed E-state index contributed by atoms with van der Waals surface area (Å²) in [5.74, 6) is 3.10. The highest BCUT2D eigenvalue weighted by molar-refractivity contribution is 5.76. The van der Waals surface area contributed by atoms with Crippen LogP contribution >= 0.6 is 0 Å². The van der Waals surface area contributed by atoms with Gasteiger partial charge >= 0.3 is 5.97 Å². The minimum Gasteiger partial charge on any atom is -0.458 e. The lowest BCUT2D eigenvalue weighted by Gasteiger charge is -2.62. The number of ether oxygens (including phenoxy) is 2. The molecule has 4 aliphatic rings. The van der Waals surface area contributed by atoms with Crippen LogP contribution in [0.3, 0.4) is 0 Å². The van der Waals surface area contributed by atoms with E-state index in [1.165, 1.54) is 32.1 Å². The van der Waals surface area contributed by atoms with E-state index in [0.717, 1.165) is 18.3 Å². The molecule has 1 atom stereocenters. The molecule has 0 spiro atoms. The predicted molar refractivity (Wildman–Crippen MR) is 91.0 cm³/mol. The van der Waals surface area contributed by atoms with Gasteiger partial charge in [-0.05, 0) is 76.0 Å². The van der Waals surface area contributed by atoms with Crippen LogP contribution in [0.15, 0.2) is 0 Å². The van der Waals surface area contributed by atoms with E-state index in [4.69, 9.17) is 9.47 Å². The van der Waals surface area contributed by atoms with Crippen LogP contribution in [0.25, 0.3) is 0 Å². The zero-order valence-corrected chi connectivity index (χ0v) is 15.6. The summed E-state index contributed by atoms with van der Waals surface area (Å²) >= 11 is 0. The predicted octanol–water partition coefficient (Wildman–Crippen LogP) is 4.44. The summed E-state index contributed by atoms with van der Waals surface area (Å²) in [6.45, 7) is 9.02. The Hall–Kier alpha value is -0.570. The first-order valence-electron chi connectivity index (χ1n) is 9.55. The van der Waals surface area contributed by atoms with Gasteiger partial charge in [0.25, 0.3) is 0 Å². The van der Waals surface area contributed by atoms with Crippen molar-refractivity contribution >= 4 is 5.97 Å². The van der Waals surface area contributed by atoms with Gasteiger partial charge in [-0.1, -0.05) is 13.8 Å². The molecular formula is C20H34O3. The molecule has 0 aromatic rings. The number of carbonyl (C=O) groups excluding carboxylic acids is 1. The first-order valence-corrected chi connectivity index (χ1v) is 9.55. The van der Waals surface area contributed by atoms with Gasteiger partial charge in [0.1, 0.15) is 5.60 Å². The second kappa shape index (κ2) is 6.06. The minimum absolute atomic E-state index is 0.00423. The summed E-state index contributed by atoms with van der Waals surface area (Å²) in [6, 6.07) is 0. The van der Waals surface area contributed by atoms with Gasteiger partial charge in [0.2, 0.25) is 0 Å². The van der Waals surface area contributed by atoms with E-state index in [0.29, 0.717) is 18.4 Å². The minimum atomic E-state index is -0.394. The third-order valence-corrected chi connectivity index (χ3v) is 7.31. The fourth-order valence-electron chi connectivity index (χ4n) is 5.82. The number of rotatable bonds is 6. The van der Waals surface area contributed by atoms with Crippen molar-refractivity contribution in [3.63, 3.8) is 0 Å². The van der Waals surface area contributed by atoms with E-state index in [1.807, 2.05) is 13.8 Å². The summed E-state index contributed by atoms with van der Waals surface area (Å²) in [5.41, 5.74) is -0.679. The Morgan fingerprint density at radius 3 is 2.09 bits per heavy atom. The Morgan fingerprint density at radius 2 is 1.65 bits per heavy atom. The smallest absolute Gasteiger partial charge is 0.312 e. The lowest BCUT2D eigenvalue weighted by atomic mass is 9.47. The highest BCUT2D eigenvalue weighted by Gasteiger charge is 2.62. The van der Waals surface area contributed by atoms with Gasteiger partial charge < -0.3 is 9.47 Å². The van der Waals surface area contributed by atoms with Gasteiger partial charge in [0.05, 0.1) is 12.0 Å². The molecule has 0 radical (unpaired) electrons.